The van der Waals surface area contributed by atoms with Crippen molar-refractivity contribution >= 4 is 22.6 Å². The molecule has 1 aliphatic rings. The summed E-state index contributed by atoms with van der Waals surface area (Å²) in [6.45, 7) is 1.82. The van der Waals surface area contributed by atoms with E-state index in [1.54, 1.807) is 13.3 Å². The van der Waals surface area contributed by atoms with Crippen LogP contribution in [0.25, 0.3) is 10.9 Å². The van der Waals surface area contributed by atoms with Crippen molar-refractivity contribution in [2.24, 2.45) is 5.41 Å². The summed E-state index contributed by atoms with van der Waals surface area (Å²) >= 11 is 0. The molecule has 2 N–H and O–H groups in total. The summed E-state index contributed by atoms with van der Waals surface area (Å²) in [5.41, 5.74) is 1.74. The first kappa shape index (κ1) is 30.4. The van der Waals surface area contributed by atoms with Crippen molar-refractivity contribution in [3.05, 3.63) is 59.5 Å². The summed E-state index contributed by atoms with van der Waals surface area (Å²) in [4.78, 5) is 20.4. The molecule has 2 heterocycles. The number of carboxylic acid groups (broad SMARTS) is 1. The monoisotopic (exact) mass is 575 g/mol. The molecule has 0 spiro atoms. The summed E-state index contributed by atoms with van der Waals surface area (Å²) in [6, 6.07) is 7.13. The highest BCUT2D eigenvalue weighted by Gasteiger charge is 2.37. The normalized spacial score (nSPS) is 16.0. The highest BCUT2D eigenvalue weighted by Crippen LogP contribution is 2.43. The van der Waals surface area contributed by atoms with Gasteiger partial charge in [0.2, 0.25) is 0 Å². The van der Waals surface area contributed by atoms with Crippen molar-refractivity contribution in [3.63, 3.8) is 0 Å². The average Bonchev–Trinajstić information content (AvgIpc) is 2.94. The number of aliphatic hydroxyl groups is 1. The van der Waals surface area contributed by atoms with Gasteiger partial charge >= 0.3 is 5.97 Å². The topological polar surface area (TPSA) is 95.4 Å². The van der Waals surface area contributed by atoms with Gasteiger partial charge < -0.3 is 24.6 Å². The molecule has 0 unspecified atom stereocenters. The van der Waals surface area contributed by atoms with Crippen LogP contribution in [0.2, 0.25) is 0 Å². The van der Waals surface area contributed by atoms with E-state index >= 15 is 0 Å². The maximum atomic E-state index is 13.4. The molecule has 0 aliphatic carbocycles. The van der Waals surface area contributed by atoms with Gasteiger partial charge in [-0.2, -0.15) is 0 Å². The summed E-state index contributed by atoms with van der Waals surface area (Å²) in [5, 5.41) is 22.0. The zero-order chi connectivity index (χ0) is 29.7. The SMILES string of the molecule is COc1ccc2ncc(N(C)C)c([C@H](O)CCC3(CC(=O)O)CCN(CCOc4cc(F)c(F)c(F)c4)CC3)c2c1. The van der Waals surface area contributed by atoms with Gasteiger partial charge in [0.05, 0.1) is 37.0 Å². The predicted octanol–water partition coefficient (Wildman–Crippen LogP) is 5.18. The van der Waals surface area contributed by atoms with Crippen LogP contribution in [0, 0.1) is 22.9 Å². The molecule has 1 aromatic heterocycles. The first-order chi connectivity index (χ1) is 19.5. The Bertz CT molecular complexity index is 1360. The Balaban J connectivity index is 1.42. The van der Waals surface area contributed by atoms with Crippen LogP contribution in [-0.2, 0) is 4.79 Å². The quantitative estimate of drug-likeness (QED) is 0.286. The van der Waals surface area contributed by atoms with Crippen LogP contribution in [-0.4, -0.2) is 73.5 Å². The van der Waals surface area contributed by atoms with Crippen molar-refractivity contribution in [3.8, 4) is 11.5 Å². The Morgan fingerprint density at radius 3 is 2.41 bits per heavy atom. The number of anilines is 1. The van der Waals surface area contributed by atoms with Gasteiger partial charge in [-0.15, -0.1) is 0 Å². The molecule has 2 aromatic carbocycles. The Kier molecular flexibility index (Phi) is 9.60. The highest BCUT2D eigenvalue weighted by atomic mass is 19.2. The molecule has 1 aliphatic heterocycles. The third-order valence-electron chi connectivity index (χ3n) is 7.94. The number of piperidine rings is 1. The summed E-state index contributed by atoms with van der Waals surface area (Å²) in [5.74, 6) is -4.48. The Hall–Kier alpha value is -3.57. The second-order valence-electron chi connectivity index (χ2n) is 10.9. The van der Waals surface area contributed by atoms with Gasteiger partial charge in [-0.1, -0.05) is 0 Å². The number of halogens is 3. The van der Waals surface area contributed by atoms with E-state index in [2.05, 4.69) is 9.88 Å². The number of hydrogen-bond acceptors (Lipinski definition) is 7. The number of ether oxygens (including phenoxy) is 2. The molecule has 0 bridgehead atoms. The molecule has 0 amide bonds. The van der Waals surface area contributed by atoms with E-state index in [1.807, 2.05) is 37.2 Å². The standard InChI is InChI=1S/C30H36F3N3O5/c1-35(2)25-18-34-24-5-4-19(40-3)14-21(24)28(25)26(37)6-7-30(17-27(38)39)8-10-36(11-9-30)12-13-41-20-15-22(31)29(33)23(32)16-20/h4-5,14-16,18,26,37H,6-13,17H2,1-3H3,(H,38,39)/t26-/m1/s1. The number of benzene rings is 2. The number of methoxy groups -OCH3 is 1. The molecular formula is C30H36F3N3O5. The lowest BCUT2D eigenvalue weighted by molar-refractivity contribution is -0.141. The smallest absolute Gasteiger partial charge is 0.303 e. The number of nitrogens with zero attached hydrogens (tertiary/aromatic N) is 3. The van der Waals surface area contributed by atoms with E-state index in [0.717, 1.165) is 34.3 Å². The molecule has 0 radical (unpaired) electrons. The number of aliphatic hydroxyl groups excluding tert-OH is 1. The minimum absolute atomic E-state index is 0.0103. The fraction of sp³-hybridized carbons (Fsp3) is 0.467. The van der Waals surface area contributed by atoms with Crippen LogP contribution < -0.4 is 14.4 Å². The Morgan fingerprint density at radius 1 is 1.12 bits per heavy atom. The maximum Gasteiger partial charge on any atom is 0.303 e. The minimum atomic E-state index is -1.54. The molecular weight excluding hydrogens is 539 g/mol. The molecule has 222 valence electrons. The lowest BCUT2D eigenvalue weighted by Gasteiger charge is -2.41. The highest BCUT2D eigenvalue weighted by molar-refractivity contribution is 5.88. The Labute approximate surface area is 237 Å². The number of carboxylic acids is 1. The first-order valence-electron chi connectivity index (χ1n) is 13.6. The van der Waals surface area contributed by atoms with E-state index in [1.165, 1.54) is 0 Å². The number of fused-ring (bicyclic) bond motifs is 1. The molecule has 4 rings (SSSR count). The number of carbonyl (C=O) groups is 1. The fourth-order valence-electron chi connectivity index (χ4n) is 5.60. The van der Waals surface area contributed by atoms with Crippen molar-refractivity contribution in [1.29, 1.82) is 0 Å². The molecule has 8 nitrogen and oxygen atoms in total. The second-order valence-corrected chi connectivity index (χ2v) is 10.9. The molecule has 11 heteroatoms. The fourth-order valence-corrected chi connectivity index (χ4v) is 5.60. The van der Waals surface area contributed by atoms with Crippen LogP contribution in [0.15, 0.2) is 36.5 Å². The van der Waals surface area contributed by atoms with Crippen LogP contribution in [0.5, 0.6) is 11.5 Å². The minimum Gasteiger partial charge on any atom is -0.497 e. The van der Waals surface area contributed by atoms with Gasteiger partial charge in [-0.3, -0.25) is 14.7 Å². The Morgan fingerprint density at radius 2 is 1.80 bits per heavy atom. The zero-order valence-electron chi connectivity index (χ0n) is 23.5. The van der Waals surface area contributed by atoms with E-state index < -0.39 is 34.9 Å². The average molecular weight is 576 g/mol. The van der Waals surface area contributed by atoms with Crippen LogP contribution in [0.3, 0.4) is 0 Å². The first-order valence-corrected chi connectivity index (χ1v) is 13.6. The maximum absolute atomic E-state index is 13.4. The number of hydrogen-bond donors (Lipinski definition) is 2. The van der Waals surface area contributed by atoms with Gasteiger partial charge in [-0.25, -0.2) is 13.2 Å². The van der Waals surface area contributed by atoms with Gasteiger partial charge in [0, 0.05) is 43.7 Å². The van der Waals surface area contributed by atoms with E-state index in [-0.39, 0.29) is 18.8 Å². The van der Waals surface area contributed by atoms with Gasteiger partial charge in [-0.05, 0) is 62.4 Å². The molecule has 1 atom stereocenters. The van der Waals surface area contributed by atoms with Gasteiger partial charge in [0.15, 0.2) is 17.5 Å². The van der Waals surface area contributed by atoms with Crippen molar-refractivity contribution in [2.75, 3.05) is 52.3 Å². The third kappa shape index (κ3) is 7.20. The number of aromatic nitrogens is 1. The molecule has 0 saturated carbocycles. The lowest BCUT2D eigenvalue weighted by atomic mass is 9.71. The zero-order valence-corrected chi connectivity index (χ0v) is 23.5. The van der Waals surface area contributed by atoms with Crippen molar-refractivity contribution in [1.82, 2.24) is 9.88 Å². The van der Waals surface area contributed by atoms with Gasteiger partial charge in [0.1, 0.15) is 18.1 Å². The van der Waals surface area contributed by atoms with Gasteiger partial charge in [0.25, 0.3) is 0 Å². The van der Waals surface area contributed by atoms with Crippen LogP contribution >= 0.6 is 0 Å². The van der Waals surface area contributed by atoms with Crippen LogP contribution in [0.1, 0.15) is 43.8 Å². The molecule has 1 fully saturated rings. The largest absolute Gasteiger partial charge is 0.497 e. The summed E-state index contributed by atoms with van der Waals surface area (Å²) in [7, 11) is 5.35. The van der Waals surface area contributed by atoms with Crippen molar-refractivity contribution in [2.45, 2.75) is 38.2 Å². The second kappa shape index (κ2) is 12.9. The van der Waals surface area contributed by atoms with Crippen molar-refractivity contribution < 1.29 is 37.7 Å². The lowest BCUT2D eigenvalue weighted by Crippen LogP contribution is -2.42. The molecule has 3 aromatic rings. The summed E-state index contributed by atoms with van der Waals surface area (Å²) in [6.07, 6.45) is 2.97. The third-order valence-corrected chi connectivity index (χ3v) is 7.94. The van der Waals surface area contributed by atoms with E-state index in [0.29, 0.717) is 51.1 Å². The molecule has 1 saturated heterocycles. The predicted molar refractivity (Wildman–Crippen MR) is 149 cm³/mol. The summed E-state index contributed by atoms with van der Waals surface area (Å²) < 4.78 is 50.9. The number of aliphatic carboxylic acids is 1. The van der Waals surface area contributed by atoms with E-state index in [9.17, 15) is 28.2 Å². The number of rotatable bonds is 12. The number of pyridine rings is 1. The molecule has 41 heavy (non-hydrogen) atoms. The van der Waals surface area contributed by atoms with E-state index in [4.69, 9.17) is 9.47 Å². The van der Waals surface area contributed by atoms with Crippen LogP contribution in [0.4, 0.5) is 18.9 Å². The number of likely N-dealkylation sites (tertiary alicyclic amines) is 1.